The maximum atomic E-state index is 13.2. The Morgan fingerprint density at radius 3 is 2.63 bits per heavy atom. The van der Waals surface area contributed by atoms with E-state index in [9.17, 15) is 4.79 Å². The molecule has 0 radical (unpaired) electrons. The molecule has 154 valence electrons. The van der Waals surface area contributed by atoms with Gasteiger partial charge in [0.2, 0.25) is 0 Å². The van der Waals surface area contributed by atoms with E-state index in [0.29, 0.717) is 18.8 Å². The monoisotopic (exact) mass is 404 g/mol. The summed E-state index contributed by atoms with van der Waals surface area (Å²) in [6.07, 6.45) is 3.55. The van der Waals surface area contributed by atoms with Gasteiger partial charge >= 0.3 is 0 Å². The first-order valence-electron chi connectivity index (χ1n) is 10.2. The number of nitrogens with zero attached hydrogens (tertiary/aromatic N) is 8. The van der Waals surface area contributed by atoms with Gasteiger partial charge < -0.3 is 9.80 Å². The molecule has 4 aromatic heterocycles. The van der Waals surface area contributed by atoms with E-state index in [2.05, 4.69) is 20.3 Å². The summed E-state index contributed by atoms with van der Waals surface area (Å²) in [5.41, 5.74) is 2.95. The Balaban J connectivity index is 1.36. The van der Waals surface area contributed by atoms with Crippen molar-refractivity contribution in [1.82, 2.24) is 34.1 Å². The molecule has 0 unspecified atom stereocenters. The Bertz CT molecular complexity index is 1230. The van der Waals surface area contributed by atoms with Crippen LogP contribution >= 0.6 is 0 Å². The largest absolute Gasteiger partial charge is 0.361 e. The van der Waals surface area contributed by atoms with E-state index in [1.807, 2.05) is 76.3 Å². The number of likely N-dealkylation sites (tertiary alicyclic amines) is 1. The fourth-order valence-electron chi connectivity index (χ4n) is 4.15. The molecule has 30 heavy (non-hydrogen) atoms. The van der Waals surface area contributed by atoms with Crippen LogP contribution < -0.4 is 4.90 Å². The van der Waals surface area contributed by atoms with Crippen LogP contribution in [0.15, 0.2) is 36.5 Å². The lowest BCUT2D eigenvalue weighted by Gasteiger charge is -2.31. The first-order valence-corrected chi connectivity index (χ1v) is 10.2. The number of amides is 1. The number of imidazole rings is 1. The van der Waals surface area contributed by atoms with Gasteiger partial charge in [-0.05, 0) is 44.0 Å². The molecule has 5 rings (SSSR count). The number of aromatic nitrogens is 6. The SMILES string of the molecule is Cc1nc2ccccn2c1C(=O)N1CCC(c2nnc3ccc(N(C)C)nn23)CC1. The van der Waals surface area contributed by atoms with E-state index in [-0.39, 0.29) is 11.8 Å². The molecule has 1 aliphatic rings. The Kier molecular flexibility index (Phi) is 4.38. The smallest absolute Gasteiger partial charge is 0.272 e. The quantitative estimate of drug-likeness (QED) is 0.520. The molecule has 1 fully saturated rings. The lowest BCUT2D eigenvalue weighted by Crippen LogP contribution is -2.39. The topological polar surface area (TPSA) is 83.9 Å². The van der Waals surface area contributed by atoms with Crippen LogP contribution in [0.3, 0.4) is 0 Å². The van der Waals surface area contributed by atoms with Gasteiger partial charge in [-0.1, -0.05) is 6.07 Å². The predicted molar refractivity (Wildman–Crippen MR) is 113 cm³/mol. The van der Waals surface area contributed by atoms with Crippen LogP contribution in [0.1, 0.15) is 40.8 Å². The van der Waals surface area contributed by atoms with Crippen LogP contribution in [-0.2, 0) is 0 Å². The standard InChI is InChI=1S/C21H24N8O/c1-14-19(28-11-5-4-6-16(28)22-14)21(30)27-12-9-15(10-13-27)20-24-23-17-7-8-18(26(2)3)25-29(17)20/h4-8,11,15H,9-10,12-13H2,1-3H3. The van der Waals surface area contributed by atoms with Gasteiger partial charge in [0.25, 0.3) is 5.91 Å². The second kappa shape index (κ2) is 7.08. The highest BCUT2D eigenvalue weighted by Gasteiger charge is 2.30. The Morgan fingerprint density at radius 2 is 1.87 bits per heavy atom. The van der Waals surface area contributed by atoms with Crippen molar-refractivity contribution >= 4 is 23.0 Å². The van der Waals surface area contributed by atoms with Crippen molar-refractivity contribution in [2.24, 2.45) is 0 Å². The summed E-state index contributed by atoms with van der Waals surface area (Å²) < 4.78 is 3.72. The van der Waals surface area contributed by atoms with Crippen LogP contribution in [0.25, 0.3) is 11.3 Å². The van der Waals surface area contributed by atoms with Crippen LogP contribution in [0.5, 0.6) is 0 Å². The molecule has 1 aliphatic heterocycles. The van der Waals surface area contributed by atoms with Gasteiger partial charge in [-0.25, -0.2) is 4.98 Å². The minimum atomic E-state index is 0.0313. The third-order valence-electron chi connectivity index (χ3n) is 5.79. The Labute approximate surface area is 174 Å². The van der Waals surface area contributed by atoms with Gasteiger partial charge in [-0.15, -0.1) is 15.3 Å². The van der Waals surface area contributed by atoms with Gasteiger partial charge in [0, 0.05) is 39.3 Å². The molecular formula is C21H24N8O. The Morgan fingerprint density at radius 1 is 1.07 bits per heavy atom. The Hall–Kier alpha value is -3.49. The third kappa shape index (κ3) is 2.97. The molecule has 0 aromatic carbocycles. The maximum Gasteiger partial charge on any atom is 0.272 e. The normalized spacial score (nSPS) is 15.2. The number of rotatable bonds is 3. The number of pyridine rings is 1. The van der Waals surface area contributed by atoms with Crippen molar-refractivity contribution in [3.8, 4) is 0 Å². The van der Waals surface area contributed by atoms with Gasteiger partial charge in [-0.3, -0.25) is 9.20 Å². The van der Waals surface area contributed by atoms with Gasteiger partial charge in [-0.2, -0.15) is 4.52 Å². The zero-order valence-electron chi connectivity index (χ0n) is 17.4. The molecule has 0 bridgehead atoms. The summed E-state index contributed by atoms with van der Waals surface area (Å²) in [5.74, 6) is 1.98. The highest BCUT2D eigenvalue weighted by molar-refractivity contribution is 5.94. The number of hydrogen-bond donors (Lipinski definition) is 0. The molecule has 9 heteroatoms. The van der Waals surface area contributed by atoms with Gasteiger partial charge in [0.15, 0.2) is 11.5 Å². The predicted octanol–water partition coefficient (Wildman–Crippen LogP) is 2.17. The maximum absolute atomic E-state index is 13.2. The van der Waals surface area contributed by atoms with Crippen molar-refractivity contribution in [3.63, 3.8) is 0 Å². The van der Waals surface area contributed by atoms with E-state index in [1.165, 1.54) is 0 Å². The number of piperidine rings is 1. The van der Waals surface area contributed by atoms with Crippen molar-refractivity contribution in [1.29, 1.82) is 0 Å². The lowest BCUT2D eigenvalue weighted by atomic mass is 9.96. The highest BCUT2D eigenvalue weighted by atomic mass is 16.2. The summed E-state index contributed by atoms with van der Waals surface area (Å²) in [7, 11) is 3.93. The summed E-state index contributed by atoms with van der Waals surface area (Å²) in [6.45, 7) is 3.24. The molecule has 0 saturated carbocycles. The highest BCUT2D eigenvalue weighted by Crippen LogP contribution is 2.28. The first kappa shape index (κ1) is 18.5. The van der Waals surface area contributed by atoms with Crippen molar-refractivity contribution in [2.75, 3.05) is 32.1 Å². The molecule has 0 atom stereocenters. The molecule has 1 amide bonds. The fraction of sp³-hybridized carbons (Fsp3) is 0.381. The molecule has 5 heterocycles. The second-order valence-electron chi connectivity index (χ2n) is 7.96. The van der Waals surface area contributed by atoms with Gasteiger partial charge in [0.1, 0.15) is 17.2 Å². The average molecular weight is 404 g/mol. The van der Waals surface area contributed by atoms with Crippen LogP contribution in [0.2, 0.25) is 0 Å². The van der Waals surface area contributed by atoms with Crippen LogP contribution in [-0.4, -0.2) is 67.2 Å². The average Bonchev–Trinajstić information content (AvgIpc) is 3.33. The molecule has 9 nitrogen and oxygen atoms in total. The zero-order valence-corrected chi connectivity index (χ0v) is 17.4. The van der Waals surface area contributed by atoms with Crippen molar-refractivity contribution in [2.45, 2.75) is 25.7 Å². The summed E-state index contributed by atoms with van der Waals surface area (Å²) >= 11 is 0. The molecule has 0 aliphatic carbocycles. The summed E-state index contributed by atoms with van der Waals surface area (Å²) in [4.78, 5) is 21.6. The van der Waals surface area contributed by atoms with Crippen LogP contribution in [0, 0.1) is 6.92 Å². The van der Waals surface area contributed by atoms with E-state index in [1.54, 1.807) is 0 Å². The fourth-order valence-corrected chi connectivity index (χ4v) is 4.15. The molecule has 1 saturated heterocycles. The minimum Gasteiger partial charge on any atom is -0.361 e. The van der Waals surface area contributed by atoms with E-state index >= 15 is 0 Å². The number of carbonyl (C=O) groups excluding carboxylic acids is 1. The van der Waals surface area contributed by atoms with E-state index < -0.39 is 0 Å². The minimum absolute atomic E-state index is 0.0313. The first-order chi connectivity index (χ1) is 14.5. The summed E-state index contributed by atoms with van der Waals surface area (Å²) in [5, 5.41) is 13.4. The van der Waals surface area contributed by atoms with E-state index in [0.717, 1.165) is 41.5 Å². The van der Waals surface area contributed by atoms with Crippen molar-refractivity contribution < 1.29 is 4.79 Å². The molecule has 0 spiro atoms. The number of carbonyl (C=O) groups is 1. The molecular weight excluding hydrogens is 380 g/mol. The second-order valence-corrected chi connectivity index (χ2v) is 7.96. The number of aryl methyl sites for hydroxylation is 1. The zero-order chi connectivity index (χ0) is 20.8. The number of anilines is 1. The molecule has 0 N–H and O–H groups in total. The summed E-state index contributed by atoms with van der Waals surface area (Å²) in [6, 6.07) is 9.64. The van der Waals surface area contributed by atoms with Crippen molar-refractivity contribution in [3.05, 3.63) is 53.7 Å². The third-order valence-corrected chi connectivity index (χ3v) is 5.79. The number of hydrogen-bond acceptors (Lipinski definition) is 6. The van der Waals surface area contributed by atoms with Gasteiger partial charge in [0.05, 0.1) is 5.69 Å². The van der Waals surface area contributed by atoms with Crippen LogP contribution in [0.4, 0.5) is 5.82 Å². The molecule has 4 aromatic rings. The lowest BCUT2D eigenvalue weighted by molar-refractivity contribution is 0.0703. The number of fused-ring (bicyclic) bond motifs is 2. The van der Waals surface area contributed by atoms with E-state index in [4.69, 9.17) is 0 Å².